The van der Waals surface area contributed by atoms with E-state index >= 15 is 0 Å². The standard InChI is InChI=1S/C15H24N2O2/c16-7-1-8-17(13-2-3-13)14-4-9-19-15(12-14)5-10-18-11-6-15/h13-14H,1-6,8-12H2. The number of hydrogen-bond acceptors (Lipinski definition) is 4. The molecule has 0 bridgehead atoms. The van der Waals surface area contributed by atoms with Gasteiger partial charge in [0.15, 0.2) is 0 Å². The van der Waals surface area contributed by atoms with Gasteiger partial charge in [-0.15, -0.1) is 0 Å². The maximum atomic E-state index is 8.84. The molecular weight excluding hydrogens is 240 g/mol. The van der Waals surface area contributed by atoms with Crippen LogP contribution in [0.5, 0.6) is 0 Å². The predicted octanol–water partition coefficient (Wildman–Crippen LogP) is 2.09. The summed E-state index contributed by atoms with van der Waals surface area (Å²) in [5.41, 5.74) is 0.0704. The SMILES string of the molecule is N#CCCN(C1CC1)C1CCOC2(CCOCC2)C1. The number of ether oxygens (including phenoxy) is 2. The van der Waals surface area contributed by atoms with Gasteiger partial charge >= 0.3 is 0 Å². The summed E-state index contributed by atoms with van der Waals surface area (Å²) >= 11 is 0. The molecule has 3 rings (SSSR count). The van der Waals surface area contributed by atoms with Crippen LogP contribution in [0.2, 0.25) is 0 Å². The van der Waals surface area contributed by atoms with Crippen LogP contribution in [0.4, 0.5) is 0 Å². The lowest BCUT2D eigenvalue weighted by Crippen LogP contribution is -2.51. The van der Waals surface area contributed by atoms with Gasteiger partial charge in [-0.3, -0.25) is 4.90 Å². The summed E-state index contributed by atoms with van der Waals surface area (Å²) in [6, 6.07) is 3.66. The van der Waals surface area contributed by atoms with Gasteiger partial charge in [0.2, 0.25) is 0 Å². The second-order valence-corrected chi connectivity index (χ2v) is 6.17. The molecule has 1 unspecified atom stereocenters. The van der Waals surface area contributed by atoms with Crippen LogP contribution in [0.1, 0.15) is 44.9 Å². The van der Waals surface area contributed by atoms with Crippen molar-refractivity contribution in [2.45, 2.75) is 62.6 Å². The number of hydrogen-bond donors (Lipinski definition) is 0. The molecular formula is C15H24N2O2. The zero-order valence-corrected chi connectivity index (χ0v) is 11.6. The molecule has 0 aromatic rings. The van der Waals surface area contributed by atoms with Crippen LogP contribution >= 0.6 is 0 Å². The van der Waals surface area contributed by atoms with Crippen molar-refractivity contribution in [3.8, 4) is 6.07 Å². The Balaban J connectivity index is 1.63. The van der Waals surface area contributed by atoms with Crippen molar-refractivity contribution >= 4 is 0 Å². The molecule has 0 N–H and O–H groups in total. The summed E-state index contributed by atoms with van der Waals surface area (Å²) in [6.45, 7) is 3.50. The Bertz CT molecular complexity index is 337. The molecule has 3 aliphatic rings. The summed E-state index contributed by atoms with van der Waals surface area (Å²) in [4.78, 5) is 2.60. The van der Waals surface area contributed by atoms with Gasteiger partial charge in [0.05, 0.1) is 11.7 Å². The highest BCUT2D eigenvalue weighted by Crippen LogP contribution is 2.39. The fourth-order valence-corrected chi connectivity index (χ4v) is 3.63. The smallest absolute Gasteiger partial charge is 0.0741 e. The first-order valence-corrected chi connectivity index (χ1v) is 7.67. The molecule has 0 aromatic carbocycles. The third-order valence-electron chi connectivity index (χ3n) is 4.84. The minimum atomic E-state index is 0.0704. The van der Waals surface area contributed by atoms with E-state index in [1.165, 1.54) is 12.8 Å². The molecule has 4 nitrogen and oxygen atoms in total. The number of nitriles is 1. The molecule has 1 saturated carbocycles. The molecule has 106 valence electrons. The molecule has 1 atom stereocenters. The zero-order chi connectivity index (χ0) is 13.1. The molecule has 0 amide bonds. The van der Waals surface area contributed by atoms with Crippen molar-refractivity contribution in [3.05, 3.63) is 0 Å². The molecule has 4 heteroatoms. The highest BCUT2D eigenvalue weighted by atomic mass is 16.5. The topological polar surface area (TPSA) is 45.5 Å². The zero-order valence-electron chi connectivity index (χ0n) is 11.6. The van der Waals surface area contributed by atoms with Crippen molar-refractivity contribution in [2.24, 2.45) is 0 Å². The van der Waals surface area contributed by atoms with Crippen molar-refractivity contribution in [1.82, 2.24) is 4.90 Å². The number of nitrogens with zero attached hydrogens (tertiary/aromatic N) is 2. The number of rotatable bonds is 4. The first-order chi connectivity index (χ1) is 9.33. The summed E-state index contributed by atoms with van der Waals surface area (Å²) in [7, 11) is 0. The van der Waals surface area contributed by atoms with Gasteiger partial charge in [-0.2, -0.15) is 5.26 Å². The van der Waals surface area contributed by atoms with Crippen LogP contribution in [-0.2, 0) is 9.47 Å². The van der Waals surface area contributed by atoms with Gasteiger partial charge in [0.1, 0.15) is 0 Å². The van der Waals surface area contributed by atoms with E-state index in [1.807, 2.05) is 0 Å². The molecule has 2 aliphatic heterocycles. The average molecular weight is 264 g/mol. The minimum Gasteiger partial charge on any atom is -0.381 e. The van der Waals surface area contributed by atoms with Crippen molar-refractivity contribution in [3.63, 3.8) is 0 Å². The third kappa shape index (κ3) is 3.10. The lowest BCUT2D eigenvalue weighted by atomic mass is 9.83. The maximum absolute atomic E-state index is 8.84. The highest BCUT2D eigenvalue weighted by Gasteiger charge is 2.43. The largest absolute Gasteiger partial charge is 0.381 e. The average Bonchev–Trinajstić information content (AvgIpc) is 3.25. The second-order valence-electron chi connectivity index (χ2n) is 6.17. The van der Waals surface area contributed by atoms with Crippen molar-refractivity contribution in [1.29, 1.82) is 5.26 Å². The lowest BCUT2D eigenvalue weighted by molar-refractivity contribution is -0.151. The summed E-state index contributed by atoms with van der Waals surface area (Å²) in [5.74, 6) is 0. The summed E-state index contributed by atoms with van der Waals surface area (Å²) in [5, 5.41) is 8.84. The van der Waals surface area contributed by atoms with E-state index in [0.29, 0.717) is 12.5 Å². The molecule has 19 heavy (non-hydrogen) atoms. The third-order valence-corrected chi connectivity index (χ3v) is 4.84. The van der Waals surface area contributed by atoms with E-state index in [1.54, 1.807) is 0 Å². The normalized spacial score (nSPS) is 30.4. The molecule has 1 aliphatic carbocycles. The fourth-order valence-electron chi connectivity index (χ4n) is 3.63. The molecule has 2 heterocycles. The fraction of sp³-hybridized carbons (Fsp3) is 0.933. The lowest BCUT2D eigenvalue weighted by Gasteiger charge is -2.46. The minimum absolute atomic E-state index is 0.0704. The first-order valence-electron chi connectivity index (χ1n) is 7.67. The molecule has 2 saturated heterocycles. The van der Waals surface area contributed by atoms with Gasteiger partial charge < -0.3 is 9.47 Å². The Morgan fingerprint density at radius 2 is 1.89 bits per heavy atom. The summed E-state index contributed by atoms with van der Waals surface area (Å²) in [6.07, 6.45) is 7.64. The Morgan fingerprint density at radius 3 is 2.58 bits per heavy atom. The summed E-state index contributed by atoms with van der Waals surface area (Å²) < 4.78 is 11.6. The second kappa shape index (κ2) is 5.78. The van der Waals surface area contributed by atoms with Gasteiger partial charge in [-0.25, -0.2) is 0 Å². The van der Waals surface area contributed by atoms with E-state index < -0.39 is 0 Å². The van der Waals surface area contributed by atoms with E-state index in [4.69, 9.17) is 14.7 Å². The monoisotopic (exact) mass is 264 g/mol. The maximum Gasteiger partial charge on any atom is 0.0741 e. The van der Waals surface area contributed by atoms with Crippen molar-refractivity contribution < 1.29 is 9.47 Å². The quantitative estimate of drug-likeness (QED) is 0.780. The van der Waals surface area contributed by atoms with Crippen LogP contribution in [0.3, 0.4) is 0 Å². The molecule has 1 spiro atoms. The van der Waals surface area contributed by atoms with Gasteiger partial charge in [-0.1, -0.05) is 0 Å². The Labute approximate surface area is 115 Å². The van der Waals surface area contributed by atoms with Crippen LogP contribution in [0, 0.1) is 11.3 Å². The van der Waals surface area contributed by atoms with E-state index in [2.05, 4.69) is 11.0 Å². The van der Waals surface area contributed by atoms with E-state index in [-0.39, 0.29) is 5.60 Å². The highest BCUT2D eigenvalue weighted by molar-refractivity contribution is 4.97. The van der Waals surface area contributed by atoms with E-state index in [9.17, 15) is 0 Å². The molecule has 0 radical (unpaired) electrons. The Morgan fingerprint density at radius 1 is 1.11 bits per heavy atom. The van der Waals surface area contributed by atoms with Gasteiger partial charge in [0.25, 0.3) is 0 Å². The molecule has 0 aromatic heterocycles. The van der Waals surface area contributed by atoms with E-state index in [0.717, 1.165) is 58.1 Å². The van der Waals surface area contributed by atoms with Gasteiger partial charge in [0, 0.05) is 44.9 Å². The first kappa shape index (κ1) is 13.4. The Hall–Kier alpha value is -0.630. The van der Waals surface area contributed by atoms with Gasteiger partial charge in [-0.05, 0) is 38.5 Å². The van der Waals surface area contributed by atoms with Crippen LogP contribution in [0.25, 0.3) is 0 Å². The van der Waals surface area contributed by atoms with Crippen LogP contribution < -0.4 is 0 Å². The van der Waals surface area contributed by atoms with Crippen molar-refractivity contribution in [2.75, 3.05) is 26.4 Å². The van der Waals surface area contributed by atoms with Crippen LogP contribution in [-0.4, -0.2) is 49.0 Å². The molecule has 3 fully saturated rings. The predicted molar refractivity (Wildman–Crippen MR) is 71.7 cm³/mol. The van der Waals surface area contributed by atoms with Crippen LogP contribution in [0.15, 0.2) is 0 Å². The Kier molecular flexibility index (Phi) is 4.07.